The number of hydrogen-bond acceptors (Lipinski definition) is 10. The zero-order chi connectivity index (χ0) is 26.3. The van der Waals surface area contributed by atoms with Crippen LogP contribution < -0.4 is 20.3 Å². The predicted octanol–water partition coefficient (Wildman–Crippen LogP) is 4.05. The number of aromatic nitrogens is 4. The fourth-order valence-corrected chi connectivity index (χ4v) is 5.82. The zero-order valence-corrected chi connectivity index (χ0v) is 22.9. The number of piperidine rings is 1. The van der Waals surface area contributed by atoms with Gasteiger partial charge in [-0.05, 0) is 81.9 Å². The summed E-state index contributed by atoms with van der Waals surface area (Å²) in [6, 6.07) is 12.5. The van der Waals surface area contributed by atoms with Crippen molar-refractivity contribution < 1.29 is 9.53 Å². The summed E-state index contributed by atoms with van der Waals surface area (Å²) in [5.41, 5.74) is 1.26. The number of carbonyl (C=O) groups is 1. The molecule has 11 heteroatoms. The topological polar surface area (TPSA) is 108 Å². The van der Waals surface area contributed by atoms with E-state index in [2.05, 4.69) is 59.0 Å². The van der Waals surface area contributed by atoms with Gasteiger partial charge in [0.15, 0.2) is 5.82 Å². The van der Waals surface area contributed by atoms with Crippen molar-refractivity contribution in [3.8, 4) is 5.75 Å². The first-order valence-electron chi connectivity index (χ1n) is 13.4. The number of nitrogens with one attached hydrogen (secondary N) is 2. The van der Waals surface area contributed by atoms with Gasteiger partial charge in [0.2, 0.25) is 16.2 Å². The third-order valence-electron chi connectivity index (χ3n) is 6.93. The molecular formula is C27H36N8O2S. The maximum atomic E-state index is 12.7. The van der Waals surface area contributed by atoms with Crippen LogP contribution in [0.15, 0.2) is 42.6 Å². The molecule has 202 valence electrons. The number of nitrogens with zero attached hydrogens (tertiary/aromatic N) is 6. The van der Waals surface area contributed by atoms with Crippen LogP contribution in [0.3, 0.4) is 0 Å². The summed E-state index contributed by atoms with van der Waals surface area (Å²) in [6.07, 6.45) is 5.38. The molecule has 0 saturated carbocycles. The number of rotatable bonds is 10. The predicted molar refractivity (Wildman–Crippen MR) is 150 cm³/mol. The molecule has 38 heavy (non-hydrogen) atoms. The third-order valence-corrected chi connectivity index (χ3v) is 7.70. The first-order chi connectivity index (χ1) is 18.5. The van der Waals surface area contributed by atoms with Crippen molar-refractivity contribution in [1.82, 2.24) is 25.3 Å². The normalized spacial score (nSPS) is 18.6. The van der Waals surface area contributed by atoms with Crippen molar-refractivity contribution in [2.75, 3.05) is 41.7 Å². The van der Waals surface area contributed by atoms with Crippen molar-refractivity contribution in [2.45, 2.75) is 58.2 Å². The molecule has 1 aromatic carbocycles. The molecule has 0 spiro atoms. The lowest BCUT2D eigenvalue weighted by Crippen LogP contribution is -2.34. The first-order valence-corrected chi connectivity index (χ1v) is 14.2. The zero-order valence-electron chi connectivity index (χ0n) is 22.0. The van der Waals surface area contributed by atoms with Gasteiger partial charge >= 0.3 is 0 Å². The van der Waals surface area contributed by atoms with Gasteiger partial charge in [0.1, 0.15) is 5.75 Å². The average Bonchev–Trinajstić information content (AvgIpc) is 3.55. The molecule has 2 N–H and O–H groups in total. The van der Waals surface area contributed by atoms with Gasteiger partial charge in [-0.3, -0.25) is 9.69 Å². The second-order valence-corrected chi connectivity index (χ2v) is 11.3. The summed E-state index contributed by atoms with van der Waals surface area (Å²) < 4.78 is 5.83. The lowest BCUT2D eigenvalue weighted by Gasteiger charge is -2.31. The SMILES string of the molecule is CC(C)Oc1cccc(CN2CCC(CC(=O)Nc3nnc(N[C@@H]4CCN(c5cccnn5)C4)s3)CC2)c1. The van der Waals surface area contributed by atoms with E-state index in [4.69, 9.17) is 4.74 Å². The smallest absolute Gasteiger partial charge is 0.226 e. The standard InChI is InChI=1S/C27H36N8O2S/c1-19(2)37-23-6-3-5-21(15-23)17-34-12-8-20(9-13-34)16-25(36)30-27-33-32-26(38-27)29-22-10-14-35(18-22)24-7-4-11-28-31-24/h3-7,11,15,19-20,22H,8-10,12-14,16-18H2,1-2H3,(H,29,32)(H,30,33,36)/t22-/m1/s1. The van der Waals surface area contributed by atoms with Crippen LogP contribution in [-0.2, 0) is 11.3 Å². The average molecular weight is 537 g/mol. The Morgan fingerprint density at radius 2 is 1.92 bits per heavy atom. The Balaban J connectivity index is 1.02. The number of likely N-dealkylation sites (tertiary alicyclic amines) is 1. The molecule has 2 fully saturated rings. The number of ether oxygens (including phenoxy) is 1. The summed E-state index contributed by atoms with van der Waals surface area (Å²) in [4.78, 5) is 17.4. The number of hydrogen-bond donors (Lipinski definition) is 2. The molecule has 0 bridgehead atoms. The Kier molecular flexibility index (Phi) is 8.65. The highest BCUT2D eigenvalue weighted by Crippen LogP contribution is 2.27. The highest BCUT2D eigenvalue weighted by Gasteiger charge is 2.25. The number of amides is 1. The van der Waals surface area contributed by atoms with Crippen LogP contribution in [0.4, 0.5) is 16.1 Å². The van der Waals surface area contributed by atoms with Crippen molar-refractivity contribution in [1.29, 1.82) is 0 Å². The quantitative estimate of drug-likeness (QED) is 0.397. The maximum absolute atomic E-state index is 12.7. The van der Waals surface area contributed by atoms with Gasteiger partial charge in [0, 0.05) is 38.3 Å². The largest absolute Gasteiger partial charge is 0.491 e. The summed E-state index contributed by atoms with van der Waals surface area (Å²) in [7, 11) is 0. The van der Waals surface area contributed by atoms with E-state index in [-0.39, 0.29) is 18.1 Å². The molecule has 5 rings (SSSR count). The van der Waals surface area contributed by atoms with E-state index >= 15 is 0 Å². The summed E-state index contributed by atoms with van der Waals surface area (Å²) in [6.45, 7) is 8.72. The van der Waals surface area contributed by atoms with Crippen LogP contribution >= 0.6 is 11.3 Å². The van der Waals surface area contributed by atoms with E-state index in [9.17, 15) is 4.79 Å². The van der Waals surface area contributed by atoms with Crippen molar-refractivity contribution in [3.63, 3.8) is 0 Å². The minimum Gasteiger partial charge on any atom is -0.491 e. The van der Waals surface area contributed by atoms with Crippen LogP contribution in [0.2, 0.25) is 0 Å². The number of anilines is 3. The van der Waals surface area contributed by atoms with Crippen LogP contribution in [0.25, 0.3) is 0 Å². The van der Waals surface area contributed by atoms with Crippen LogP contribution in [-0.4, -0.2) is 69.5 Å². The fourth-order valence-electron chi connectivity index (χ4n) is 5.08. The van der Waals surface area contributed by atoms with Gasteiger partial charge in [-0.1, -0.05) is 23.5 Å². The molecule has 0 radical (unpaired) electrons. The Hall–Kier alpha value is -3.31. The minimum absolute atomic E-state index is 0.0133. The highest BCUT2D eigenvalue weighted by atomic mass is 32.1. The Labute approximate surface area is 227 Å². The molecule has 0 aliphatic carbocycles. The monoisotopic (exact) mass is 536 g/mol. The molecule has 4 heterocycles. The molecule has 10 nitrogen and oxygen atoms in total. The lowest BCUT2D eigenvalue weighted by molar-refractivity contribution is -0.117. The van der Waals surface area contributed by atoms with Gasteiger partial charge in [-0.15, -0.1) is 15.3 Å². The van der Waals surface area contributed by atoms with E-state index in [1.54, 1.807) is 6.20 Å². The van der Waals surface area contributed by atoms with Gasteiger partial charge in [0.25, 0.3) is 0 Å². The second-order valence-electron chi connectivity index (χ2n) is 10.4. The van der Waals surface area contributed by atoms with Gasteiger partial charge in [-0.2, -0.15) is 5.10 Å². The molecule has 2 saturated heterocycles. The molecular weight excluding hydrogens is 500 g/mol. The van der Waals surface area contributed by atoms with E-state index in [1.165, 1.54) is 16.9 Å². The Bertz CT molecular complexity index is 1180. The van der Waals surface area contributed by atoms with Gasteiger partial charge in [-0.25, -0.2) is 0 Å². The molecule has 3 aromatic rings. The molecule has 0 unspecified atom stereocenters. The van der Waals surface area contributed by atoms with Gasteiger partial charge in [0.05, 0.1) is 6.10 Å². The Morgan fingerprint density at radius 3 is 2.71 bits per heavy atom. The van der Waals surface area contributed by atoms with Crippen LogP contribution in [0.1, 0.15) is 45.1 Å². The molecule has 2 aromatic heterocycles. The molecule has 1 amide bonds. The fraction of sp³-hybridized carbons (Fsp3) is 0.519. The summed E-state index contributed by atoms with van der Waals surface area (Å²) in [5, 5.41) is 24.2. The van der Waals surface area contributed by atoms with Crippen molar-refractivity contribution in [3.05, 3.63) is 48.2 Å². The van der Waals surface area contributed by atoms with Gasteiger partial charge < -0.3 is 20.3 Å². The minimum atomic E-state index is 0.0133. The first kappa shape index (κ1) is 26.3. The van der Waals surface area contributed by atoms with Crippen LogP contribution in [0, 0.1) is 5.92 Å². The van der Waals surface area contributed by atoms with Crippen LogP contribution in [0.5, 0.6) is 5.75 Å². The maximum Gasteiger partial charge on any atom is 0.226 e. The summed E-state index contributed by atoms with van der Waals surface area (Å²) >= 11 is 1.38. The van der Waals surface area contributed by atoms with E-state index < -0.39 is 0 Å². The molecule has 2 aliphatic rings. The molecule has 2 aliphatic heterocycles. The second kappa shape index (κ2) is 12.5. The van der Waals surface area contributed by atoms with E-state index in [0.29, 0.717) is 17.5 Å². The van der Waals surface area contributed by atoms with Crippen molar-refractivity contribution in [2.24, 2.45) is 5.92 Å². The third kappa shape index (κ3) is 7.38. The molecule has 1 atom stereocenters. The van der Waals surface area contributed by atoms with Crippen molar-refractivity contribution >= 4 is 33.3 Å². The summed E-state index contributed by atoms with van der Waals surface area (Å²) in [5.74, 6) is 2.21. The van der Waals surface area contributed by atoms with E-state index in [1.807, 2.05) is 32.0 Å². The van der Waals surface area contributed by atoms with E-state index in [0.717, 1.165) is 68.7 Å². The number of carbonyl (C=O) groups excluding carboxylic acids is 1. The Morgan fingerprint density at radius 1 is 1.08 bits per heavy atom. The highest BCUT2D eigenvalue weighted by molar-refractivity contribution is 7.19. The number of benzene rings is 1. The lowest BCUT2D eigenvalue weighted by atomic mass is 9.93.